The zero-order valence-corrected chi connectivity index (χ0v) is 32.9. The molecule has 270 valence electrons. The quantitative estimate of drug-likeness (QED) is 0.150. The van der Waals surface area contributed by atoms with E-state index in [0.717, 1.165) is 30.4 Å². The number of hydrogen-bond donors (Lipinski definition) is 0. The first-order valence-corrected chi connectivity index (χ1v) is 19.0. The molecule has 0 unspecified atom stereocenters. The lowest BCUT2D eigenvalue weighted by molar-refractivity contribution is -0.0117. The minimum Gasteiger partial charge on any atom is -0.265 e. The van der Waals surface area contributed by atoms with Crippen LogP contribution in [0.4, 0.5) is 0 Å². The van der Waals surface area contributed by atoms with Gasteiger partial charge in [0.2, 0.25) is 0 Å². The van der Waals surface area contributed by atoms with E-state index in [1.807, 2.05) is 24.3 Å². The van der Waals surface area contributed by atoms with E-state index in [1.165, 1.54) is 5.01 Å². The Hall–Kier alpha value is -3.86. The number of rotatable bonds is 7. The Bertz CT molecular complexity index is 2210. The van der Waals surface area contributed by atoms with Crippen LogP contribution in [0.1, 0.15) is 51.4 Å². The van der Waals surface area contributed by atoms with Crippen molar-refractivity contribution in [3.63, 3.8) is 0 Å². The van der Waals surface area contributed by atoms with Crippen LogP contribution < -0.4 is 0 Å². The van der Waals surface area contributed by atoms with E-state index < -0.39 is 11.8 Å². The zero-order valence-electron chi connectivity index (χ0n) is 28.4. The molecule has 0 radical (unpaired) electrons. The van der Waals surface area contributed by atoms with Crippen LogP contribution >= 0.6 is 69.6 Å². The van der Waals surface area contributed by atoms with Gasteiger partial charge in [-0.2, -0.15) is 15.2 Å². The second kappa shape index (κ2) is 15.5. The average Bonchev–Trinajstić information content (AvgIpc) is 3.66. The molecule has 1 aliphatic heterocycles. The number of benzene rings is 4. The third-order valence-corrected chi connectivity index (χ3v) is 10.7. The summed E-state index contributed by atoms with van der Waals surface area (Å²) in [5.41, 5.74) is 4.88. The third-order valence-electron chi connectivity index (χ3n) is 9.16. The second-order valence-electron chi connectivity index (χ2n) is 12.6. The number of imide groups is 1. The largest absolute Gasteiger partial charge is 0.296 e. The molecule has 0 N–H and O–H groups in total. The fraction of sp³-hybridized carbons (Fsp3) is 0.179. The topological polar surface area (TPSA) is 76.3 Å². The predicted octanol–water partition coefficient (Wildman–Crippen LogP) is 11.6. The number of carbonyl (C=O) groups excluding carboxylic acids is 2. The number of nitrogens with zero attached hydrogens (tertiary/aromatic N) is 6. The van der Waals surface area contributed by atoms with Crippen molar-refractivity contribution in [2.75, 3.05) is 13.1 Å². The Morgan fingerprint density at radius 3 is 1.30 bits per heavy atom. The van der Waals surface area contributed by atoms with Crippen molar-refractivity contribution in [3.05, 3.63) is 138 Å². The fourth-order valence-electron chi connectivity index (χ4n) is 6.57. The summed E-state index contributed by atoms with van der Waals surface area (Å²) in [6, 6.07) is 24.4. The zero-order chi connectivity index (χ0) is 37.6. The van der Waals surface area contributed by atoms with E-state index in [1.54, 1.807) is 88.9 Å². The summed E-state index contributed by atoms with van der Waals surface area (Å²) in [5, 5.41) is 15.3. The lowest BCUT2D eigenvalue weighted by atomic mass is 10.0. The van der Waals surface area contributed by atoms with Crippen molar-refractivity contribution in [2.24, 2.45) is 0 Å². The van der Waals surface area contributed by atoms with E-state index in [0.29, 0.717) is 77.1 Å². The molecular formula is C39H30Cl6N6O2. The van der Waals surface area contributed by atoms with E-state index in [2.05, 4.69) is 0 Å². The van der Waals surface area contributed by atoms with Crippen molar-refractivity contribution in [1.82, 2.24) is 29.6 Å². The van der Waals surface area contributed by atoms with Crippen LogP contribution in [0.15, 0.2) is 84.9 Å². The Labute approximate surface area is 336 Å². The maximum Gasteiger partial charge on any atom is 0.296 e. The number of aromatic nitrogens is 4. The van der Waals surface area contributed by atoms with Gasteiger partial charge in [-0.15, -0.1) is 0 Å². The van der Waals surface area contributed by atoms with Gasteiger partial charge in [0.25, 0.3) is 11.8 Å². The smallest absolute Gasteiger partial charge is 0.265 e. The Morgan fingerprint density at radius 1 is 0.547 bits per heavy atom. The lowest BCUT2D eigenvalue weighted by Gasteiger charge is -2.35. The molecule has 0 bridgehead atoms. The number of halogens is 6. The highest BCUT2D eigenvalue weighted by Gasteiger charge is 2.38. The van der Waals surface area contributed by atoms with E-state index in [4.69, 9.17) is 79.8 Å². The summed E-state index contributed by atoms with van der Waals surface area (Å²) in [4.78, 5) is 30.0. The van der Waals surface area contributed by atoms with E-state index in [-0.39, 0.29) is 11.4 Å². The Morgan fingerprint density at radius 2 is 0.925 bits per heavy atom. The molecule has 0 saturated carbocycles. The summed E-state index contributed by atoms with van der Waals surface area (Å²) < 4.78 is 3.20. The summed E-state index contributed by atoms with van der Waals surface area (Å²) in [5.74, 6) is -1.22. The molecular weight excluding hydrogens is 797 g/mol. The standard InChI is InChI=1S/C39H30Cl6N6O2/c1-22-34(46-49(32-16-14-28(42)20-30(32)44)36(22)24-6-10-26(40)11-7-24)38(52)51(48-18-4-3-5-19-48)39(53)35-23(2)37(25-8-12-27(41)13-9-25)50(47-35)33-17-15-29(43)21-31(33)45/h6-17,20-21H,3-5,18-19H2,1-2H3. The van der Waals surface area contributed by atoms with E-state index >= 15 is 9.59 Å². The average molecular weight is 827 g/mol. The van der Waals surface area contributed by atoms with Crippen LogP contribution in [0.3, 0.4) is 0 Å². The number of amides is 2. The van der Waals surface area contributed by atoms with Crippen LogP contribution in [0.25, 0.3) is 33.9 Å². The van der Waals surface area contributed by atoms with Gasteiger partial charge in [-0.25, -0.2) is 14.4 Å². The van der Waals surface area contributed by atoms with Crippen molar-refractivity contribution in [1.29, 1.82) is 0 Å². The van der Waals surface area contributed by atoms with Crippen molar-refractivity contribution >= 4 is 81.4 Å². The van der Waals surface area contributed by atoms with Gasteiger partial charge in [-0.3, -0.25) is 9.59 Å². The number of hydrogen-bond acceptors (Lipinski definition) is 5. The lowest BCUT2D eigenvalue weighted by Crippen LogP contribution is -2.52. The molecule has 1 saturated heterocycles. The first-order valence-electron chi connectivity index (χ1n) is 16.7. The van der Waals surface area contributed by atoms with Gasteiger partial charge in [0, 0.05) is 55.4 Å². The molecule has 0 aliphatic carbocycles. The second-order valence-corrected chi connectivity index (χ2v) is 15.2. The maximum atomic E-state index is 15.0. The molecule has 8 nitrogen and oxygen atoms in total. The molecule has 6 aromatic rings. The maximum absolute atomic E-state index is 15.0. The van der Waals surface area contributed by atoms with Crippen LogP contribution in [-0.2, 0) is 0 Å². The molecule has 0 atom stereocenters. The monoisotopic (exact) mass is 824 g/mol. The van der Waals surface area contributed by atoms with Gasteiger partial charge in [0.05, 0.1) is 32.8 Å². The molecule has 3 heterocycles. The van der Waals surface area contributed by atoms with E-state index in [9.17, 15) is 0 Å². The van der Waals surface area contributed by atoms with Crippen LogP contribution in [0.2, 0.25) is 30.1 Å². The number of carbonyl (C=O) groups is 2. The molecule has 53 heavy (non-hydrogen) atoms. The molecule has 0 spiro atoms. The van der Waals surface area contributed by atoms with Gasteiger partial charge in [0.1, 0.15) is 0 Å². The van der Waals surface area contributed by atoms with Gasteiger partial charge in [0.15, 0.2) is 11.4 Å². The minimum absolute atomic E-state index is 0.0654. The van der Waals surface area contributed by atoms with Crippen molar-refractivity contribution < 1.29 is 9.59 Å². The predicted molar refractivity (Wildman–Crippen MR) is 213 cm³/mol. The SMILES string of the molecule is Cc1c(C(=O)N(C(=O)c2nn(-c3ccc(Cl)cc3Cl)c(-c3ccc(Cl)cc3)c2C)N2CCCCC2)nn(-c2ccc(Cl)cc2Cl)c1-c1ccc(Cl)cc1. The normalized spacial score (nSPS) is 13.4. The number of hydrazine groups is 1. The van der Waals surface area contributed by atoms with Crippen molar-refractivity contribution in [2.45, 2.75) is 33.1 Å². The molecule has 4 aromatic carbocycles. The molecule has 1 fully saturated rings. The first-order chi connectivity index (χ1) is 25.4. The van der Waals surface area contributed by atoms with Gasteiger partial charge >= 0.3 is 0 Å². The molecule has 2 aromatic heterocycles. The Kier molecular flexibility index (Phi) is 10.9. The van der Waals surface area contributed by atoms with Crippen LogP contribution in [0, 0.1) is 13.8 Å². The van der Waals surface area contributed by atoms with Crippen LogP contribution in [-0.4, -0.2) is 54.5 Å². The molecule has 14 heteroatoms. The summed E-state index contributed by atoms with van der Waals surface area (Å²) in [6.07, 6.45) is 2.56. The van der Waals surface area contributed by atoms with Gasteiger partial charge in [-0.05, 0) is 87.4 Å². The molecule has 1 aliphatic rings. The minimum atomic E-state index is -0.611. The highest BCUT2D eigenvalue weighted by atomic mass is 35.5. The summed E-state index contributed by atoms with van der Waals surface area (Å²) in [7, 11) is 0. The van der Waals surface area contributed by atoms with Gasteiger partial charge in [-0.1, -0.05) is 100 Å². The summed E-state index contributed by atoms with van der Waals surface area (Å²) in [6.45, 7) is 4.56. The summed E-state index contributed by atoms with van der Waals surface area (Å²) >= 11 is 38.4. The Balaban J connectivity index is 1.40. The van der Waals surface area contributed by atoms with Crippen molar-refractivity contribution in [3.8, 4) is 33.9 Å². The van der Waals surface area contributed by atoms with Gasteiger partial charge < -0.3 is 0 Å². The third kappa shape index (κ3) is 7.34. The highest BCUT2D eigenvalue weighted by molar-refractivity contribution is 6.36. The molecule has 7 rings (SSSR count). The first kappa shape index (κ1) is 37.5. The highest BCUT2D eigenvalue weighted by Crippen LogP contribution is 2.36. The number of piperidine rings is 1. The fourth-order valence-corrected chi connectivity index (χ4v) is 7.80. The van der Waals surface area contributed by atoms with Crippen LogP contribution in [0.5, 0.6) is 0 Å². The molecule has 2 amide bonds.